The van der Waals surface area contributed by atoms with E-state index in [4.69, 9.17) is 8.83 Å². The number of fused-ring (bicyclic) bond motifs is 1. The molecule has 26 heavy (non-hydrogen) atoms. The van der Waals surface area contributed by atoms with Gasteiger partial charge in [-0.1, -0.05) is 42.1 Å². The summed E-state index contributed by atoms with van der Waals surface area (Å²) in [7, 11) is 0. The maximum atomic E-state index is 11.7. The molecule has 0 aliphatic heterocycles. The molecular formula is C19H14N2O4S. The van der Waals surface area contributed by atoms with E-state index in [0.717, 1.165) is 16.5 Å². The smallest absolute Gasteiger partial charge is 0.336 e. The van der Waals surface area contributed by atoms with Gasteiger partial charge in [0.25, 0.3) is 5.22 Å². The molecule has 6 nitrogen and oxygen atoms in total. The predicted molar refractivity (Wildman–Crippen MR) is 97.3 cm³/mol. The van der Waals surface area contributed by atoms with Gasteiger partial charge in [0.1, 0.15) is 11.3 Å². The second-order valence-corrected chi connectivity index (χ2v) is 6.61. The number of benzene rings is 2. The number of thioether (sulfide) groups is 1. The van der Waals surface area contributed by atoms with Gasteiger partial charge in [0.2, 0.25) is 5.89 Å². The van der Waals surface area contributed by atoms with Crippen LogP contribution in [0.2, 0.25) is 0 Å². The van der Waals surface area contributed by atoms with Crippen molar-refractivity contribution in [3.05, 3.63) is 82.0 Å². The maximum absolute atomic E-state index is 11.7. The minimum Gasteiger partial charge on any atom is -0.508 e. The van der Waals surface area contributed by atoms with Crippen molar-refractivity contribution in [2.45, 2.75) is 17.4 Å². The molecule has 0 fully saturated rings. The summed E-state index contributed by atoms with van der Waals surface area (Å²) in [5.41, 5.74) is 1.76. The van der Waals surface area contributed by atoms with Crippen molar-refractivity contribution in [2.75, 3.05) is 0 Å². The number of aromatic hydroxyl groups is 1. The fourth-order valence-corrected chi connectivity index (χ4v) is 3.39. The van der Waals surface area contributed by atoms with Crippen LogP contribution in [-0.2, 0) is 12.2 Å². The van der Waals surface area contributed by atoms with Gasteiger partial charge in [-0.15, -0.1) is 10.2 Å². The van der Waals surface area contributed by atoms with E-state index < -0.39 is 5.63 Å². The number of phenolic OH excluding ortho intramolecular Hbond substituents is 1. The summed E-state index contributed by atoms with van der Waals surface area (Å²) in [6, 6.07) is 16.0. The highest BCUT2D eigenvalue weighted by molar-refractivity contribution is 7.98. The Hall–Kier alpha value is -3.06. The lowest BCUT2D eigenvalue weighted by molar-refractivity contribution is 0.420. The molecule has 7 heteroatoms. The number of hydrogen-bond donors (Lipinski definition) is 1. The molecule has 0 radical (unpaired) electrons. The highest BCUT2D eigenvalue weighted by atomic mass is 32.2. The number of phenols is 1. The Labute approximate surface area is 152 Å². The van der Waals surface area contributed by atoms with Gasteiger partial charge in [-0.2, -0.15) is 0 Å². The summed E-state index contributed by atoms with van der Waals surface area (Å²) in [6.45, 7) is 0. The molecule has 0 bridgehead atoms. The second kappa shape index (κ2) is 7.05. The molecule has 0 amide bonds. The van der Waals surface area contributed by atoms with Crippen LogP contribution in [0.25, 0.3) is 11.0 Å². The topological polar surface area (TPSA) is 89.4 Å². The molecule has 1 N–H and O–H groups in total. The number of nitrogens with zero attached hydrogens (tertiary/aromatic N) is 2. The van der Waals surface area contributed by atoms with E-state index in [-0.39, 0.29) is 5.75 Å². The van der Waals surface area contributed by atoms with Crippen molar-refractivity contribution < 1.29 is 13.9 Å². The van der Waals surface area contributed by atoms with Crippen molar-refractivity contribution in [3.63, 3.8) is 0 Å². The highest BCUT2D eigenvalue weighted by Crippen LogP contribution is 2.27. The largest absolute Gasteiger partial charge is 0.508 e. The molecule has 2 heterocycles. The molecule has 4 aromatic rings. The van der Waals surface area contributed by atoms with E-state index in [1.165, 1.54) is 23.9 Å². The van der Waals surface area contributed by atoms with Gasteiger partial charge in [0.05, 0.1) is 6.42 Å². The molecule has 0 saturated carbocycles. The van der Waals surface area contributed by atoms with Crippen molar-refractivity contribution in [1.82, 2.24) is 10.2 Å². The van der Waals surface area contributed by atoms with Crippen LogP contribution in [0.5, 0.6) is 5.75 Å². The summed E-state index contributed by atoms with van der Waals surface area (Å²) < 4.78 is 10.8. The lowest BCUT2D eigenvalue weighted by Gasteiger charge is -2.04. The molecular weight excluding hydrogens is 352 g/mol. The van der Waals surface area contributed by atoms with Crippen LogP contribution >= 0.6 is 11.8 Å². The van der Waals surface area contributed by atoms with Gasteiger partial charge in [-0.25, -0.2) is 4.79 Å². The van der Waals surface area contributed by atoms with Gasteiger partial charge in [-0.3, -0.25) is 0 Å². The van der Waals surface area contributed by atoms with Crippen molar-refractivity contribution in [3.8, 4) is 5.75 Å². The van der Waals surface area contributed by atoms with Crippen LogP contribution in [0.3, 0.4) is 0 Å². The SMILES string of the molecule is O=c1cc(CSc2nnc(Cc3ccccc3)o2)c2ccc(O)cc2o1. The standard InChI is InChI=1S/C19H14N2O4S/c22-14-6-7-15-13(9-18(23)24-16(15)10-14)11-26-19-21-20-17(25-19)8-12-4-2-1-3-5-12/h1-7,9-10,22H,8,11H2. The van der Waals surface area contributed by atoms with Crippen LogP contribution in [0, 0.1) is 0 Å². The third kappa shape index (κ3) is 3.62. The fraction of sp³-hybridized carbons (Fsp3) is 0.105. The minimum absolute atomic E-state index is 0.0490. The van der Waals surface area contributed by atoms with Gasteiger partial charge >= 0.3 is 5.63 Å². The summed E-state index contributed by atoms with van der Waals surface area (Å²) in [6.07, 6.45) is 0.575. The zero-order valence-corrected chi connectivity index (χ0v) is 14.4. The summed E-state index contributed by atoms with van der Waals surface area (Å²) in [5.74, 6) is 1.06. The third-order valence-electron chi connectivity index (χ3n) is 3.81. The molecule has 130 valence electrons. The third-order valence-corrected chi connectivity index (χ3v) is 4.68. The first-order valence-electron chi connectivity index (χ1n) is 7.92. The average molecular weight is 366 g/mol. The molecule has 2 aromatic heterocycles. The molecule has 2 aromatic carbocycles. The lowest BCUT2D eigenvalue weighted by atomic mass is 10.1. The van der Waals surface area contributed by atoms with Crippen LogP contribution < -0.4 is 5.63 Å². The fourth-order valence-electron chi connectivity index (χ4n) is 2.62. The van der Waals surface area contributed by atoms with Crippen molar-refractivity contribution >= 4 is 22.7 Å². The molecule has 0 saturated heterocycles. The van der Waals surface area contributed by atoms with E-state index in [0.29, 0.717) is 28.9 Å². The predicted octanol–water partition coefficient (Wildman–Crippen LogP) is 3.76. The van der Waals surface area contributed by atoms with E-state index in [1.807, 2.05) is 30.3 Å². The van der Waals surface area contributed by atoms with Gasteiger partial charge in [-0.05, 0) is 23.3 Å². The summed E-state index contributed by atoms with van der Waals surface area (Å²) in [5, 5.41) is 18.9. The molecule has 0 aliphatic carbocycles. The normalized spacial score (nSPS) is 11.1. The first-order valence-corrected chi connectivity index (χ1v) is 8.91. The summed E-state index contributed by atoms with van der Waals surface area (Å²) in [4.78, 5) is 11.7. The Kier molecular flexibility index (Phi) is 4.45. The second-order valence-electron chi connectivity index (χ2n) is 5.68. The van der Waals surface area contributed by atoms with Gasteiger partial charge < -0.3 is 13.9 Å². The Morgan fingerprint density at radius 3 is 2.69 bits per heavy atom. The number of rotatable bonds is 5. The molecule has 4 rings (SSSR count). The van der Waals surface area contributed by atoms with E-state index >= 15 is 0 Å². The van der Waals surface area contributed by atoms with E-state index in [2.05, 4.69) is 10.2 Å². The Morgan fingerprint density at radius 2 is 1.85 bits per heavy atom. The van der Waals surface area contributed by atoms with Crippen molar-refractivity contribution in [2.24, 2.45) is 0 Å². The van der Waals surface area contributed by atoms with E-state index in [1.54, 1.807) is 12.1 Å². The average Bonchev–Trinajstić information content (AvgIpc) is 3.07. The molecule has 0 unspecified atom stereocenters. The van der Waals surface area contributed by atoms with Gasteiger partial charge in [0.15, 0.2) is 0 Å². The zero-order valence-electron chi connectivity index (χ0n) is 13.6. The Morgan fingerprint density at radius 1 is 1.00 bits per heavy atom. The van der Waals surface area contributed by atoms with Crippen molar-refractivity contribution in [1.29, 1.82) is 0 Å². The number of hydrogen-bond acceptors (Lipinski definition) is 7. The first-order chi connectivity index (χ1) is 12.7. The molecule has 0 atom stereocenters. The van der Waals surface area contributed by atoms with Crippen LogP contribution in [0.1, 0.15) is 17.0 Å². The molecule has 0 aliphatic rings. The zero-order chi connectivity index (χ0) is 17.9. The lowest BCUT2D eigenvalue weighted by Crippen LogP contribution is -1.99. The van der Waals surface area contributed by atoms with Gasteiger partial charge in [0, 0.05) is 23.3 Å². The maximum Gasteiger partial charge on any atom is 0.336 e. The highest BCUT2D eigenvalue weighted by Gasteiger charge is 2.11. The van der Waals surface area contributed by atoms with Crippen LogP contribution in [0.15, 0.2) is 73.4 Å². The quantitative estimate of drug-likeness (QED) is 0.425. The van der Waals surface area contributed by atoms with Crippen LogP contribution in [0.4, 0.5) is 0 Å². The first kappa shape index (κ1) is 16.4. The van der Waals surface area contributed by atoms with E-state index in [9.17, 15) is 9.90 Å². The Balaban J connectivity index is 1.51. The number of aromatic nitrogens is 2. The summed E-state index contributed by atoms with van der Waals surface area (Å²) >= 11 is 1.35. The van der Waals surface area contributed by atoms with Crippen LogP contribution in [-0.4, -0.2) is 15.3 Å². The minimum atomic E-state index is -0.464. The monoisotopic (exact) mass is 366 g/mol. The Bertz CT molecular complexity index is 1110. The molecule has 0 spiro atoms.